The second-order valence-corrected chi connectivity index (χ2v) is 7.91. The van der Waals surface area contributed by atoms with Crippen molar-refractivity contribution in [1.82, 2.24) is 15.1 Å². The van der Waals surface area contributed by atoms with E-state index in [0.29, 0.717) is 45.9 Å². The van der Waals surface area contributed by atoms with Crippen molar-refractivity contribution in [2.75, 3.05) is 71.1 Å². The maximum Gasteiger partial charge on any atom is 0.409 e. The van der Waals surface area contributed by atoms with Crippen LogP contribution in [-0.4, -0.2) is 101 Å². The molecule has 10 heteroatoms. The van der Waals surface area contributed by atoms with Gasteiger partial charge in [0.15, 0.2) is 5.96 Å². The number of nitrogens with zero attached hydrogens (tertiary/aromatic N) is 3. The topological polar surface area (TPSA) is 101 Å². The fourth-order valence-electron chi connectivity index (χ4n) is 2.27. The van der Waals surface area contributed by atoms with Crippen LogP contribution in [0.25, 0.3) is 0 Å². The monoisotopic (exact) mass is 378 g/mol. The standard InChI is InChI=1S/C15H30N4O5S/c1-4-16-14(17-6-11-23-12-13-25(3,21)22)18-7-9-19(10-8-18)15(20)24-5-2/h4-13H2,1-3H3,(H,16,17). The van der Waals surface area contributed by atoms with Crippen molar-refractivity contribution in [3.05, 3.63) is 0 Å². The summed E-state index contributed by atoms with van der Waals surface area (Å²) in [6.45, 7) is 8.45. The smallest absolute Gasteiger partial charge is 0.409 e. The van der Waals surface area contributed by atoms with Crippen molar-refractivity contribution in [3.63, 3.8) is 0 Å². The average Bonchev–Trinajstić information content (AvgIpc) is 2.56. The fraction of sp³-hybridized carbons (Fsp3) is 0.867. The van der Waals surface area contributed by atoms with Gasteiger partial charge in [-0.25, -0.2) is 13.2 Å². The summed E-state index contributed by atoms with van der Waals surface area (Å²) in [5.41, 5.74) is 0. The van der Waals surface area contributed by atoms with Gasteiger partial charge >= 0.3 is 6.09 Å². The van der Waals surface area contributed by atoms with Crippen LogP contribution in [0, 0.1) is 0 Å². The highest BCUT2D eigenvalue weighted by molar-refractivity contribution is 7.90. The molecule has 146 valence electrons. The quantitative estimate of drug-likeness (QED) is 0.354. The summed E-state index contributed by atoms with van der Waals surface area (Å²) in [6.07, 6.45) is 0.914. The van der Waals surface area contributed by atoms with Crippen LogP contribution >= 0.6 is 0 Å². The van der Waals surface area contributed by atoms with E-state index >= 15 is 0 Å². The van der Waals surface area contributed by atoms with E-state index in [9.17, 15) is 13.2 Å². The SMILES string of the molecule is CCNC(=NCCOCCS(C)(=O)=O)N1CCN(C(=O)OCC)CC1. The minimum Gasteiger partial charge on any atom is -0.450 e. The van der Waals surface area contributed by atoms with Crippen LogP contribution in [-0.2, 0) is 19.3 Å². The molecule has 1 heterocycles. The van der Waals surface area contributed by atoms with Gasteiger partial charge in [0.25, 0.3) is 0 Å². The summed E-state index contributed by atoms with van der Waals surface area (Å²) < 4.78 is 32.3. The lowest BCUT2D eigenvalue weighted by atomic mass is 10.3. The molecule has 0 aliphatic carbocycles. The van der Waals surface area contributed by atoms with Crippen molar-refractivity contribution >= 4 is 21.9 Å². The number of guanidine groups is 1. The molecule has 1 aliphatic rings. The molecule has 1 saturated heterocycles. The highest BCUT2D eigenvalue weighted by Gasteiger charge is 2.23. The summed E-state index contributed by atoms with van der Waals surface area (Å²) in [6, 6.07) is 0. The molecule has 1 aliphatic heterocycles. The van der Waals surface area contributed by atoms with Crippen LogP contribution in [0.2, 0.25) is 0 Å². The number of hydrogen-bond donors (Lipinski definition) is 1. The van der Waals surface area contributed by atoms with Gasteiger partial charge in [0, 0.05) is 39.0 Å². The molecule has 1 N–H and O–H groups in total. The molecule has 0 bridgehead atoms. The first-order chi connectivity index (χ1) is 11.9. The summed E-state index contributed by atoms with van der Waals surface area (Å²) in [5, 5.41) is 3.23. The van der Waals surface area contributed by atoms with E-state index in [0.717, 1.165) is 12.5 Å². The zero-order valence-electron chi connectivity index (χ0n) is 15.4. The number of piperazine rings is 1. The number of sulfone groups is 1. The first-order valence-corrected chi connectivity index (χ1v) is 10.6. The first kappa shape index (κ1) is 21.5. The molecule has 25 heavy (non-hydrogen) atoms. The Balaban J connectivity index is 2.39. The van der Waals surface area contributed by atoms with Gasteiger partial charge in [-0.3, -0.25) is 4.99 Å². The fourth-order valence-corrected chi connectivity index (χ4v) is 2.69. The molecule has 1 fully saturated rings. The second kappa shape index (κ2) is 11.1. The van der Waals surface area contributed by atoms with E-state index in [2.05, 4.69) is 15.2 Å². The van der Waals surface area contributed by atoms with Gasteiger partial charge in [0.1, 0.15) is 9.84 Å². The van der Waals surface area contributed by atoms with Crippen LogP contribution in [0.5, 0.6) is 0 Å². The Morgan fingerprint density at radius 1 is 1.12 bits per heavy atom. The summed E-state index contributed by atoms with van der Waals surface area (Å²) in [7, 11) is -2.99. The maximum atomic E-state index is 11.7. The van der Waals surface area contributed by atoms with Crippen LogP contribution in [0.3, 0.4) is 0 Å². The molecule has 0 atom stereocenters. The molecule has 0 spiro atoms. The second-order valence-electron chi connectivity index (χ2n) is 5.65. The van der Waals surface area contributed by atoms with E-state index in [1.807, 2.05) is 6.92 Å². The number of hydrogen-bond acceptors (Lipinski definition) is 6. The lowest BCUT2D eigenvalue weighted by Gasteiger charge is -2.35. The van der Waals surface area contributed by atoms with Crippen LogP contribution < -0.4 is 5.32 Å². The van der Waals surface area contributed by atoms with Gasteiger partial charge in [0.05, 0.1) is 32.1 Å². The van der Waals surface area contributed by atoms with Gasteiger partial charge in [-0.15, -0.1) is 0 Å². The molecule has 0 aromatic heterocycles. The summed E-state index contributed by atoms with van der Waals surface area (Å²) in [4.78, 5) is 20.0. The summed E-state index contributed by atoms with van der Waals surface area (Å²) in [5.74, 6) is 0.796. The predicted molar refractivity (Wildman–Crippen MR) is 96.7 cm³/mol. The van der Waals surface area contributed by atoms with Gasteiger partial charge in [0.2, 0.25) is 0 Å². The lowest BCUT2D eigenvalue weighted by Crippen LogP contribution is -2.54. The zero-order chi connectivity index (χ0) is 18.7. The number of amides is 1. The largest absolute Gasteiger partial charge is 0.450 e. The number of carbonyl (C=O) groups excluding carboxylic acids is 1. The number of ether oxygens (including phenoxy) is 2. The average molecular weight is 378 g/mol. The highest BCUT2D eigenvalue weighted by Crippen LogP contribution is 2.04. The molecular weight excluding hydrogens is 348 g/mol. The molecule has 9 nitrogen and oxygen atoms in total. The normalized spacial score (nSPS) is 16.0. The summed E-state index contributed by atoms with van der Waals surface area (Å²) >= 11 is 0. The Labute approximate surface area is 150 Å². The van der Waals surface area contributed by atoms with Crippen molar-refractivity contribution in [2.24, 2.45) is 4.99 Å². The van der Waals surface area contributed by atoms with Crippen LogP contribution in [0.1, 0.15) is 13.8 Å². The number of rotatable bonds is 8. The minimum atomic E-state index is -2.99. The van der Waals surface area contributed by atoms with Crippen molar-refractivity contribution < 1.29 is 22.7 Å². The molecule has 0 aromatic rings. The Morgan fingerprint density at radius 3 is 2.32 bits per heavy atom. The minimum absolute atomic E-state index is 0.0204. The van der Waals surface area contributed by atoms with Crippen molar-refractivity contribution in [3.8, 4) is 0 Å². The van der Waals surface area contributed by atoms with Gasteiger partial charge in [-0.1, -0.05) is 0 Å². The van der Waals surface area contributed by atoms with Gasteiger partial charge in [-0.2, -0.15) is 0 Å². The van der Waals surface area contributed by atoms with E-state index in [1.165, 1.54) is 6.26 Å². The number of nitrogens with one attached hydrogen (secondary N) is 1. The highest BCUT2D eigenvalue weighted by atomic mass is 32.2. The van der Waals surface area contributed by atoms with Crippen molar-refractivity contribution in [2.45, 2.75) is 13.8 Å². The van der Waals surface area contributed by atoms with E-state index in [-0.39, 0.29) is 18.5 Å². The molecule has 1 rings (SSSR count). The van der Waals surface area contributed by atoms with Crippen molar-refractivity contribution in [1.29, 1.82) is 0 Å². The predicted octanol–water partition coefficient (Wildman–Crippen LogP) is -0.213. The Hall–Kier alpha value is -1.55. The van der Waals surface area contributed by atoms with E-state index in [1.54, 1.807) is 11.8 Å². The zero-order valence-corrected chi connectivity index (χ0v) is 16.2. The molecule has 0 radical (unpaired) electrons. The molecule has 0 saturated carbocycles. The molecule has 1 amide bonds. The van der Waals surface area contributed by atoms with Gasteiger partial charge in [-0.05, 0) is 13.8 Å². The Kier molecular flexibility index (Phi) is 9.58. The van der Waals surface area contributed by atoms with Crippen LogP contribution in [0.4, 0.5) is 4.79 Å². The Bertz CT molecular complexity index is 530. The van der Waals surface area contributed by atoms with E-state index < -0.39 is 9.84 Å². The first-order valence-electron chi connectivity index (χ1n) is 8.57. The lowest BCUT2D eigenvalue weighted by molar-refractivity contribution is 0.0914. The number of carbonyl (C=O) groups is 1. The third-order valence-electron chi connectivity index (χ3n) is 3.54. The number of aliphatic imine (C=N–C) groups is 1. The van der Waals surface area contributed by atoms with E-state index in [4.69, 9.17) is 9.47 Å². The molecule has 0 aromatic carbocycles. The molecule has 0 unspecified atom stereocenters. The Morgan fingerprint density at radius 2 is 1.76 bits per heavy atom. The van der Waals surface area contributed by atoms with Crippen LogP contribution in [0.15, 0.2) is 4.99 Å². The molecular formula is C15H30N4O5S. The van der Waals surface area contributed by atoms with Gasteiger partial charge < -0.3 is 24.6 Å². The maximum absolute atomic E-state index is 11.7. The third-order valence-corrected chi connectivity index (χ3v) is 4.44. The third kappa shape index (κ3) is 8.92.